The predicted octanol–water partition coefficient (Wildman–Crippen LogP) is 1.16. The highest BCUT2D eigenvalue weighted by molar-refractivity contribution is 6.23. The molecule has 0 aliphatic heterocycles. The van der Waals surface area contributed by atoms with Gasteiger partial charge in [-0.15, -0.1) is 0 Å². The van der Waals surface area contributed by atoms with Crippen LogP contribution in [0.4, 0.5) is 0 Å². The standard InChI is InChI=1S/C17H15N5O2/c1-10-3-2-4-12(21-10)7-13(16(18)23)11-5-6-15-20-8-14(17(19)24)22(15)9-11/h2-9H,1H3,(H2,18,23)(H2,19,24)/b13-7+. The first-order valence-electron chi connectivity index (χ1n) is 7.18. The summed E-state index contributed by atoms with van der Waals surface area (Å²) in [4.78, 5) is 31.8. The number of imidazole rings is 1. The van der Waals surface area contributed by atoms with E-state index in [0.29, 0.717) is 16.9 Å². The van der Waals surface area contributed by atoms with Crippen molar-refractivity contribution in [3.05, 3.63) is 65.4 Å². The van der Waals surface area contributed by atoms with Gasteiger partial charge in [0.25, 0.3) is 5.91 Å². The SMILES string of the molecule is Cc1cccc(/C=C(/C(N)=O)c2ccc3ncc(C(N)=O)n3c2)n1. The summed E-state index contributed by atoms with van der Waals surface area (Å²) >= 11 is 0. The lowest BCUT2D eigenvalue weighted by Gasteiger charge is -2.06. The summed E-state index contributed by atoms with van der Waals surface area (Å²) in [6.07, 6.45) is 4.60. The molecule has 0 aliphatic rings. The number of amides is 2. The van der Waals surface area contributed by atoms with E-state index in [0.717, 1.165) is 5.69 Å². The Hall–Kier alpha value is -3.48. The molecule has 3 aromatic rings. The van der Waals surface area contributed by atoms with Crippen molar-refractivity contribution < 1.29 is 9.59 Å². The summed E-state index contributed by atoms with van der Waals surface area (Å²) in [5.41, 5.74) is 13.9. The van der Waals surface area contributed by atoms with E-state index in [1.54, 1.807) is 30.5 Å². The van der Waals surface area contributed by atoms with E-state index >= 15 is 0 Å². The van der Waals surface area contributed by atoms with Gasteiger partial charge in [-0.2, -0.15) is 0 Å². The average Bonchev–Trinajstić information content (AvgIpc) is 2.95. The van der Waals surface area contributed by atoms with Crippen LogP contribution in [0.15, 0.2) is 42.7 Å². The Kier molecular flexibility index (Phi) is 3.83. The molecule has 0 atom stereocenters. The summed E-state index contributed by atoms with van der Waals surface area (Å²) in [7, 11) is 0. The van der Waals surface area contributed by atoms with Crippen molar-refractivity contribution in [2.24, 2.45) is 11.5 Å². The number of aryl methyl sites for hydroxylation is 1. The zero-order chi connectivity index (χ0) is 17.3. The van der Waals surface area contributed by atoms with Gasteiger partial charge in [-0.05, 0) is 37.3 Å². The Bertz CT molecular complexity index is 988. The smallest absolute Gasteiger partial charge is 0.267 e. The van der Waals surface area contributed by atoms with E-state index in [-0.39, 0.29) is 11.3 Å². The number of fused-ring (bicyclic) bond motifs is 1. The number of carbonyl (C=O) groups excluding carboxylic acids is 2. The first-order valence-corrected chi connectivity index (χ1v) is 7.18. The number of primary amides is 2. The normalized spacial score (nSPS) is 11.6. The van der Waals surface area contributed by atoms with Crippen LogP contribution in [-0.4, -0.2) is 26.2 Å². The maximum absolute atomic E-state index is 11.9. The molecular formula is C17H15N5O2. The highest BCUT2D eigenvalue weighted by Gasteiger charge is 2.13. The summed E-state index contributed by atoms with van der Waals surface area (Å²) < 4.78 is 1.53. The monoisotopic (exact) mass is 321 g/mol. The van der Waals surface area contributed by atoms with Crippen molar-refractivity contribution in [2.45, 2.75) is 6.92 Å². The predicted molar refractivity (Wildman–Crippen MR) is 89.7 cm³/mol. The Morgan fingerprint density at radius 1 is 1.17 bits per heavy atom. The second-order valence-electron chi connectivity index (χ2n) is 5.28. The van der Waals surface area contributed by atoms with Gasteiger partial charge >= 0.3 is 0 Å². The summed E-state index contributed by atoms with van der Waals surface area (Å²) in [5.74, 6) is -1.21. The van der Waals surface area contributed by atoms with Gasteiger partial charge in [-0.25, -0.2) is 4.98 Å². The highest BCUT2D eigenvalue weighted by Crippen LogP contribution is 2.19. The Balaban J connectivity index is 2.15. The van der Waals surface area contributed by atoms with Gasteiger partial charge in [0.15, 0.2) is 0 Å². The molecule has 0 fully saturated rings. The van der Waals surface area contributed by atoms with Gasteiger partial charge in [-0.1, -0.05) is 6.07 Å². The number of carbonyl (C=O) groups is 2. The van der Waals surface area contributed by atoms with E-state index < -0.39 is 11.8 Å². The van der Waals surface area contributed by atoms with Crippen molar-refractivity contribution in [1.29, 1.82) is 0 Å². The summed E-state index contributed by atoms with van der Waals surface area (Å²) in [6.45, 7) is 1.86. The second-order valence-corrected chi connectivity index (χ2v) is 5.28. The van der Waals surface area contributed by atoms with Gasteiger partial charge in [0.2, 0.25) is 5.91 Å². The van der Waals surface area contributed by atoms with Crippen LogP contribution in [0.1, 0.15) is 27.4 Å². The Labute approximate surface area is 137 Å². The maximum Gasteiger partial charge on any atom is 0.267 e. The van der Waals surface area contributed by atoms with E-state index in [2.05, 4.69) is 9.97 Å². The molecule has 0 unspecified atom stereocenters. The zero-order valence-electron chi connectivity index (χ0n) is 12.9. The first kappa shape index (κ1) is 15.4. The van der Waals surface area contributed by atoms with Gasteiger partial charge in [0, 0.05) is 23.0 Å². The third kappa shape index (κ3) is 2.87. The second kappa shape index (κ2) is 5.96. The fourth-order valence-corrected chi connectivity index (χ4v) is 2.41. The van der Waals surface area contributed by atoms with Crippen molar-refractivity contribution >= 4 is 29.1 Å². The third-order valence-corrected chi connectivity index (χ3v) is 3.54. The number of pyridine rings is 2. The molecule has 0 saturated heterocycles. The quantitative estimate of drug-likeness (QED) is 0.701. The molecule has 0 aromatic carbocycles. The van der Waals surface area contributed by atoms with Crippen LogP contribution in [0.5, 0.6) is 0 Å². The van der Waals surface area contributed by atoms with Gasteiger partial charge in [-0.3, -0.25) is 19.0 Å². The molecule has 0 aliphatic carbocycles. The average molecular weight is 321 g/mol. The molecule has 0 saturated carbocycles. The van der Waals surface area contributed by atoms with Crippen molar-refractivity contribution in [1.82, 2.24) is 14.4 Å². The van der Waals surface area contributed by atoms with Crippen LogP contribution < -0.4 is 11.5 Å². The lowest BCUT2D eigenvalue weighted by atomic mass is 10.1. The molecule has 0 spiro atoms. The molecule has 4 N–H and O–H groups in total. The van der Waals surface area contributed by atoms with Crippen LogP contribution in [0, 0.1) is 6.92 Å². The number of aromatic nitrogens is 3. The topological polar surface area (TPSA) is 116 Å². The molecule has 3 heterocycles. The Morgan fingerprint density at radius 3 is 2.62 bits per heavy atom. The molecule has 120 valence electrons. The van der Waals surface area contributed by atoms with E-state index in [1.807, 2.05) is 19.1 Å². The van der Waals surface area contributed by atoms with Crippen LogP contribution in [0.2, 0.25) is 0 Å². The van der Waals surface area contributed by atoms with Crippen molar-refractivity contribution in [3.63, 3.8) is 0 Å². The van der Waals surface area contributed by atoms with Gasteiger partial charge in [0.1, 0.15) is 11.3 Å². The lowest BCUT2D eigenvalue weighted by molar-refractivity contribution is -0.112. The molecule has 24 heavy (non-hydrogen) atoms. The molecular weight excluding hydrogens is 306 g/mol. The largest absolute Gasteiger partial charge is 0.366 e. The minimum absolute atomic E-state index is 0.226. The highest BCUT2D eigenvalue weighted by atomic mass is 16.1. The molecule has 0 radical (unpaired) electrons. The molecule has 3 rings (SSSR count). The van der Waals surface area contributed by atoms with Gasteiger partial charge in [0.05, 0.1) is 11.9 Å². The maximum atomic E-state index is 11.9. The van der Waals surface area contributed by atoms with E-state index in [1.165, 1.54) is 10.6 Å². The number of nitrogens with two attached hydrogens (primary N) is 2. The van der Waals surface area contributed by atoms with E-state index in [9.17, 15) is 9.59 Å². The fourth-order valence-electron chi connectivity index (χ4n) is 2.41. The Morgan fingerprint density at radius 2 is 1.96 bits per heavy atom. The molecule has 0 bridgehead atoms. The van der Waals surface area contributed by atoms with Crippen LogP contribution in [0.25, 0.3) is 17.3 Å². The number of hydrogen-bond donors (Lipinski definition) is 2. The minimum Gasteiger partial charge on any atom is -0.366 e. The van der Waals surface area contributed by atoms with Crippen LogP contribution in [0.3, 0.4) is 0 Å². The van der Waals surface area contributed by atoms with E-state index in [4.69, 9.17) is 11.5 Å². The summed E-state index contributed by atoms with van der Waals surface area (Å²) in [6, 6.07) is 8.87. The lowest BCUT2D eigenvalue weighted by Crippen LogP contribution is -2.15. The van der Waals surface area contributed by atoms with Crippen LogP contribution >= 0.6 is 0 Å². The number of rotatable bonds is 4. The van der Waals surface area contributed by atoms with Gasteiger partial charge < -0.3 is 11.5 Å². The molecule has 7 heteroatoms. The van der Waals surface area contributed by atoms with Crippen molar-refractivity contribution in [2.75, 3.05) is 0 Å². The number of nitrogens with zero attached hydrogens (tertiary/aromatic N) is 3. The number of hydrogen-bond acceptors (Lipinski definition) is 4. The van der Waals surface area contributed by atoms with Crippen LogP contribution in [-0.2, 0) is 4.79 Å². The third-order valence-electron chi connectivity index (χ3n) is 3.54. The van der Waals surface area contributed by atoms with Crippen molar-refractivity contribution in [3.8, 4) is 0 Å². The minimum atomic E-state index is -0.607. The zero-order valence-corrected chi connectivity index (χ0v) is 12.9. The molecule has 3 aromatic heterocycles. The molecule has 7 nitrogen and oxygen atoms in total. The summed E-state index contributed by atoms with van der Waals surface area (Å²) in [5, 5.41) is 0. The fraction of sp³-hybridized carbons (Fsp3) is 0.0588. The molecule has 2 amide bonds. The first-order chi connectivity index (χ1) is 11.5.